The second-order valence-corrected chi connectivity index (χ2v) is 7.82. The SMILES string of the molecule is C=CCOC(C)C(=O)Nc1ccc(Cl)c(S(=O)(=O)N2CCCC2)c1. The van der Waals surface area contributed by atoms with Gasteiger partial charge in [-0.1, -0.05) is 17.7 Å². The molecule has 1 amide bonds. The van der Waals surface area contributed by atoms with Crippen LogP contribution >= 0.6 is 11.6 Å². The number of hydrogen-bond donors (Lipinski definition) is 1. The molecule has 1 aliphatic rings. The van der Waals surface area contributed by atoms with E-state index in [-0.39, 0.29) is 22.4 Å². The quantitative estimate of drug-likeness (QED) is 0.746. The Hall–Kier alpha value is -1.41. The first-order chi connectivity index (χ1) is 11.4. The maximum atomic E-state index is 12.7. The number of carbonyl (C=O) groups excluding carboxylic acids is 1. The van der Waals surface area contributed by atoms with E-state index in [2.05, 4.69) is 11.9 Å². The Kier molecular flexibility index (Phi) is 6.40. The second kappa shape index (κ2) is 8.11. The van der Waals surface area contributed by atoms with Crippen LogP contribution in [0.15, 0.2) is 35.7 Å². The Morgan fingerprint density at radius 3 is 2.75 bits per heavy atom. The van der Waals surface area contributed by atoms with Crippen LogP contribution in [-0.2, 0) is 19.6 Å². The molecule has 1 heterocycles. The van der Waals surface area contributed by atoms with Crippen molar-refractivity contribution in [3.8, 4) is 0 Å². The summed E-state index contributed by atoms with van der Waals surface area (Å²) in [7, 11) is -3.66. The van der Waals surface area contributed by atoms with Gasteiger partial charge in [0, 0.05) is 18.8 Å². The van der Waals surface area contributed by atoms with E-state index in [0.717, 1.165) is 12.8 Å². The molecule has 0 aliphatic carbocycles. The minimum absolute atomic E-state index is 0.00327. The van der Waals surface area contributed by atoms with Crippen molar-refractivity contribution < 1.29 is 17.9 Å². The number of nitrogens with one attached hydrogen (secondary N) is 1. The first-order valence-corrected chi connectivity index (χ1v) is 9.51. The molecule has 1 aliphatic heterocycles. The normalized spacial score (nSPS) is 16.8. The number of ether oxygens (including phenoxy) is 1. The molecule has 0 radical (unpaired) electrons. The van der Waals surface area contributed by atoms with Crippen molar-refractivity contribution in [1.29, 1.82) is 0 Å². The van der Waals surface area contributed by atoms with Gasteiger partial charge in [-0.25, -0.2) is 8.42 Å². The number of sulfonamides is 1. The van der Waals surface area contributed by atoms with Gasteiger partial charge < -0.3 is 10.1 Å². The van der Waals surface area contributed by atoms with Crippen LogP contribution in [0, 0.1) is 0 Å². The van der Waals surface area contributed by atoms with Crippen LogP contribution in [0.1, 0.15) is 19.8 Å². The van der Waals surface area contributed by atoms with Crippen molar-refractivity contribution in [1.82, 2.24) is 4.31 Å². The minimum Gasteiger partial charge on any atom is -0.365 e. The topological polar surface area (TPSA) is 75.7 Å². The van der Waals surface area contributed by atoms with Crippen molar-refractivity contribution in [2.75, 3.05) is 25.0 Å². The molecule has 0 spiro atoms. The van der Waals surface area contributed by atoms with Gasteiger partial charge in [0.1, 0.15) is 11.0 Å². The fourth-order valence-corrected chi connectivity index (χ4v) is 4.40. The molecule has 1 aromatic rings. The molecule has 24 heavy (non-hydrogen) atoms. The molecule has 1 aromatic carbocycles. The first-order valence-electron chi connectivity index (χ1n) is 7.69. The molecule has 1 atom stereocenters. The molecular formula is C16H21ClN2O4S. The highest BCUT2D eigenvalue weighted by Gasteiger charge is 2.29. The third kappa shape index (κ3) is 4.36. The summed E-state index contributed by atoms with van der Waals surface area (Å²) in [5, 5.41) is 2.78. The smallest absolute Gasteiger partial charge is 0.253 e. The van der Waals surface area contributed by atoms with E-state index in [1.54, 1.807) is 19.1 Å². The summed E-state index contributed by atoms with van der Waals surface area (Å²) in [6, 6.07) is 4.41. The molecule has 6 nitrogen and oxygen atoms in total. The van der Waals surface area contributed by atoms with E-state index < -0.39 is 16.1 Å². The van der Waals surface area contributed by atoms with E-state index in [1.807, 2.05) is 0 Å². The molecule has 0 aromatic heterocycles. The van der Waals surface area contributed by atoms with Gasteiger partial charge in [0.05, 0.1) is 11.6 Å². The Labute approximate surface area is 147 Å². The van der Waals surface area contributed by atoms with Crippen LogP contribution in [0.25, 0.3) is 0 Å². The summed E-state index contributed by atoms with van der Waals surface area (Å²) >= 11 is 6.07. The van der Waals surface area contributed by atoms with Crippen molar-refractivity contribution >= 4 is 33.2 Å². The summed E-state index contributed by atoms with van der Waals surface area (Å²) in [6.07, 6.45) is 2.54. The summed E-state index contributed by atoms with van der Waals surface area (Å²) in [5.41, 5.74) is 0.358. The lowest BCUT2D eigenvalue weighted by atomic mass is 10.3. The zero-order valence-corrected chi connectivity index (χ0v) is 15.1. The number of hydrogen-bond acceptors (Lipinski definition) is 4. The lowest BCUT2D eigenvalue weighted by Crippen LogP contribution is -2.29. The Morgan fingerprint density at radius 1 is 1.46 bits per heavy atom. The molecule has 1 N–H and O–H groups in total. The number of halogens is 1. The molecule has 0 saturated carbocycles. The molecular weight excluding hydrogens is 352 g/mol. The van der Waals surface area contributed by atoms with E-state index in [4.69, 9.17) is 16.3 Å². The predicted octanol–water partition coefficient (Wildman–Crippen LogP) is 2.65. The maximum Gasteiger partial charge on any atom is 0.253 e. The van der Waals surface area contributed by atoms with Crippen molar-refractivity contribution in [2.45, 2.75) is 30.8 Å². The fourth-order valence-electron chi connectivity index (χ4n) is 2.38. The minimum atomic E-state index is -3.66. The monoisotopic (exact) mass is 372 g/mol. The standard InChI is InChI=1S/C16H21ClN2O4S/c1-3-10-23-12(2)16(20)18-13-6-7-14(17)15(11-13)24(21,22)19-8-4-5-9-19/h3,6-7,11-12H,1,4-5,8-10H2,2H3,(H,18,20). The second-order valence-electron chi connectivity index (χ2n) is 5.51. The average molecular weight is 373 g/mol. The molecule has 132 valence electrons. The van der Waals surface area contributed by atoms with Crippen LogP contribution in [-0.4, -0.2) is 44.4 Å². The predicted molar refractivity (Wildman–Crippen MR) is 93.7 cm³/mol. The van der Waals surface area contributed by atoms with Gasteiger partial charge in [-0.15, -0.1) is 6.58 Å². The van der Waals surface area contributed by atoms with Gasteiger partial charge >= 0.3 is 0 Å². The molecule has 1 unspecified atom stereocenters. The highest BCUT2D eigenvalue weighted by molar-refractivity contribution is 7.89. The van der Waals surface area contributed by atoms with Gasteiger partial charge in [0.25, 0.3) is 5.91 Å². The Morgan fingerprint density at radius 2 is 2.12 bits per heavy atom. The fraction of sp³-hybridized carbons (Fsp3) is 0.438. The van der Waals surface area contributed by atoms with E-state index in [9.17, 15) is 13.2 Å². The molecule has 1 saturated heterocycles. The zero-order valence-electron chi connectivity index (χ0n) is 13.5. The molecule has 2 rings (SSSR count). The van der Waals surface area contributed by atoms with Gasteiger partial charge in [-0.2, -0.15) is 4.31 Å². The van der Waals surface area contributed by atoms with Crippen LogP contribution in [0.3, 0.4) is 0 Å². The lowest BCUT2D eigenvalue weighted by Gasteiger charge is -2.18. The van der Waals surface area contributed by atoms with Gasteiger partial charge in [0.15, 0.2) is 0 Å². The number of amides is 1. The third-order valence-corrected chi connectivity index (χ3v) is 6.10. The van der Waals surface area contributed by atoms with Crippen LogP contribution in [0.2, 0.25) is 5.02 Å². The number of benzene rings is 1. The van der Waals surface area contributed by atoms with Crippen LogP contribution in [0.5, 0.6) is 0 Å². The van der Waals surface area contributed by atoms with Crippen LogP contribution < -0.4 is 5.32 Å². The highest BCUT2D eigenvalue weighted by atomic mass is 35.5. The molecule has 8 heteroatoms. The Balaban J connectivity index is 2.19. The van der Waals surface area contributed by atoms with Gasteiger partial charge in [-0.3, -0.25) is 4.79 Å². The number of nitrogens with zero attached hydrogens (tertiary/aromatic N) is 1. The van der Waals surface area contributed by atoms with E-state index in [0.29, 0.717) is 18.8 Å². The van der Waals surface area contributed by atoms with Gasteiger partial charge in [-0.05, 0) is 38.0 Å². The number of rotatable bonds is 7. The summed E-state index contributed by atoms with van der Waals surface area (Å²) in [6.45, 7) is 6.36. The summed E-state index contributed by atoms with van der Waals surface area (Å²) < 4.78 is 32.0. The average Bonchev–Trinajstić information content (AvgIpc) is 3.09. The number of anilines is 1. The summed E-state index contributed by atoms with van der Waals surface area (Å²) in [5.74, 6) is -0.372. The Bertz CT molecular complexity index is 715. The molecule has 0 bridgehead atoms. The molecule has 1 fully saturated rings. The van der Waals surface area contributed by atoms with Gasteiger partial charge in [0.2, 0.25) is 10.0 Å². The lowest BCUT2D eigenvalue weighted by molar-refractivity contribution is -0.125. The largest absolute Gasteiger partial charge is 0.365 e. The maximum absolute atomic E-state index is 12.7. The van der Waals surface area contributed by atoms with Crippen LogP contribution in [0.4, 0.5) is 5.69 Å². The first kappa shape index (κ1) is 18.9. The van der Waals surface area contributed by atoms with E-state index in [1.165, 1.54) is 16.4 Å². The van der Waals surface area contributed by atoms with Crippen molar-refractivity contribution in [2.24, 2.45) is 0 Å². The summed E-state index contributed by atoms with van der Waals surface area (Å²) in [4.78, 5) is 12.1. The third-order valence-electron chi connectivity index (χ3n) is 3.71. The van der Waals surface area contributed by atoms with E-state index >= 15 is 0 Å². The van der Waals surface area contributed by atoms with Crippen molar-refractivity contribution in [3.63, 3.8) is 0 Å². The highest BCUT2D eigenvalue weighted by Crippen LogP contribution is 2.29. The zero-order chi connectivity index (χ0) is 17.7. The van der Waals surface area contributed by atoms with Crippen molar-refractivity contribution in [3.05, 3.63) is 35.9 Å². The number of carbonyl (C=O) groups is 1.